The van der Waals surface area contributed by atoms with Gasteiger partial charge in [-0.05, 0) is 48.6 Å². The molecule has 2 N–H and O–H groups in total. The zero-order chi connectivity index (χ0) is 16.2. The van der Waals surface area contributed by atoms with Crippen LogP contribution in [0.25, 0.3) is 0 Å². The molecule has 1 aliphatic carbocycles. The lowest BCUT2D eigenvalue weighted by Crippen LogP contribution is -2.40. The van der Waals surface area contributed by atoms with Crippen molar-refractivity contribution >= 4 is 17.5 Å². The van der Waals surface area contributed by atoms with Crippen molar-refractivity contribution in [2.24, 2.45) is 0 Å². The first-order valence-corrected chi connectivity index (χ1v) is 8.34. The molecule has 1 unspecified atom stereocenters. The van der Waals surface area contributed by atoms with Crippen molar-refractivity contribution in [3.8, 4) is 5.75 Å². The molecule has 23 heavy (non-hydrogen) atoms. The molecule has 3 nitrogen and oxygen atoms in total. The van der Waals surface area contributed by atoms with E-state index in [0.717, 1.165) is 24.0 Å². The molecule has 0 spiro atoms. The fourth-order valence-electron chi connectivity index (χ4n) is 2.93. The maximum Gasteiger partial charge on any atom is 0.221 e. The Labute approximate surface area is 141 Å². The molecular formula is C19H20ClNO2. The molecule has 0 heterocycles. The van der Waals surface area contributed by atoms with E-state index in [2.05, 4.69) is 5.32 Å². The monoisotopic (exact) mass is 329 g/mol. The summed E-state index contributed by atoms with van der Waals surface area (Å²) in [4.78, 5) is 12.4. The number of hydrogen-bond donors (Lipinski definition) is 2. The zero-order valence-corrected chi connectivity index (χ0v) is 13.6. The van der Waals surface area contributed by atoms with E-state index in [-0.39, 0.29) is 17.6 Å². The molecule has 120 valence electrons. The molecule has 0 aromatic heterocycles. The molecule has 4 heteroatoms. The third-order valence-corrected chi connectivity index (χ3v) is 4.76. The lowest BCUT2D eigenvalue weighted by atomic mass is 9.87. The molecule has 1 atom stereocenters. The highest BCUT2D eigenvalue weighted by Gasteiger charge is 2.24. The summed E-state index contributed by atoms with van der Waals surface area (Å²) in [7, 11) is 0. The van der Waals surface area contributed by atoms with Gasteiger partial charge in [-0.2, -0.15) is 0 Å². The van der Waals surface area contributed by atoms with Crippen molar-refractivity contribution in [1.82, 2.24) is 5.32 Å². The van der Waals surface area contributed by atoms with E-state index in [4.69, 9.17) is 11.6 Å². The first kappa shape index (κ1) is 15.9. The van der Waals surface area contributed by atoms with E-state index < -0.39 is 0 Å². The highest BCUT2D eigenvalue weighted by molar-refractivity contribution is 6.31. The summed E-state index contributed by atoms with van der Waals surface area (Å²) in [6, 6.07) is 14.9. The molecule has 0 saturated heterocycles. The van der Waals surface area contributed by atoms with E-state index in [1.807, 2.05) is 30.3 Å². The first-order chi connectivity index (χ1) is 11.1. The van der Waals surface area contributed by atoms with Gasteiger partial charge in [-0.25, -0.2) is 0 Å². The van der Waals surface area contributed by atoms with Crippen LogP contribution in [0.2, 0.25) is 5.02 Å². The van der Waals surface area contributed by atoms with Crippen molar-refractivity contribution < 1.29 is 9.90 Å². The second-order valence-electron chi connectivity index (χ2n) is 6.07. The summed E-state index contributed by atoms with van der Waals surface area (Å²) >= 11 is 6.34. The van der Waals surface area contributed by atoms with Crippen LogP contribution in [0.15, 0.2) is 48.5 Å². The maximum atomic E-state index is 12.4. The highest BCUT2D eigenvalue weighted by Crippen LogP contribution is 2.34. The third kappa shape index (κ3) is 3.85. The van der Waals surface area contributed by atoms with Gasteiger partial charge in [0, 0.05) is 23.4 Å². The van der Waals surface area contributed by atoms with Gasteiger partial charge in [-0.15, -0.1) is 0 Å². The Bertz CT molecular complexity index is 697. The van der Waals surface area contributed by atoms with Crippen LogP contribution in [0.4, 0.5) is 0 Å². The van der Waals surface area contributed by atoms with Crippen molar-refractivity contribution in [1.29, 1.82) is 0 Å². The number of rotatable bonds is 5. The fraction of sp³-hybridized carbons (Fsp3) is 0.316. The minimum atomic E-state index is -0.170. The Morgan fingerprint density at radius 1 is 1.22 bits per heavy atom. The van der Waals surface area contributed by atoms with Crippen LogP contribution in [0.5, 0.6) is 5.75 Å². The molecule has 1 aliphatic rings. The van der Waals surface area contributed by atoms with Gasteiger partial charge < -0.3 is 10.4 Å². The number of carbonyl (C=O) groups is 1. The average molecular weight is 330 g/mol. The molecule has 0 radical (unpaired) electrons. The molecule has 2 aromatic carbocycles. The Balaban J connectivity index is 1.86. The number of phenols is 1. The van der Waals surface area contributed by atoms with Gasteiger partial charge in [-0.3, -0.25) is 4.79 Å². The van der Waals surface area contributed by atoms with E-state index in [0.29, 0.717) is 17.5 Å². The van der Waals surface area contributed by atoms with Crippen LogP contribution in [0, 0.1) is 0 Å². The van der Waals surface area contributed by atoms with Gasteiger partial charge in [0.05, 0.1) is 0 Å². The highest BCUT2D eigenvalue weighted by atomic mass is 35.5. The maximum absolute atomic E-state index is 12.4. The number of halogens is 1. The van der Waals surface area contributed by atoms with Gasteiger partial charge in [-0.1, -0.05) is 41.9 Å². The number of phenolic OH excluding ortho intramolecular Hbond substituents is 1. The fourth-order valence-corrected chi connectivity index (χ4v) is 3.20. The standard InChI is InChI=1S/C19H20ClNO2/c20-18-10-2-1-9-16(18)17(13-5-3-8-15(22)11-13)12-19(23)21-14-6-4-7-14/h1-3,5,8-11,14,17,22H,4,6-7,12H2,(H,21,23). The quantitative estimate of drug-likeness (QED) is 0.862. The van der Waals surface area contributed by atoms with E-state index in [1.54, 1.807) is 18.2 Å². The summed E-state index contributed by atoms with van der Waals surface area (Å²) in [5.41, 5.74) is 1.80. The smallest absolute Gasteiger partial charge is 0.221 e. The molecule has 1 saturated carbocycles. The van der Waals surface area contributed by atoms with Gasteiger partial charge in [0.1, 0.15) is 5.75 Å². The topological polar surface area (TPSA) is 49.3 Å². The number of carbonyl (C=O) groups excluding carboxylic acids is 1. The van der Waals surface area contributed by atoms with Crippen LogP contribution in [0.3, 0.4) is 0 Å². The summed E-state index contributed by atoms with van der Waals surface area (Å²) in [5.74, 6) is 0.0535. The predicted molar refractivity (Wildman–Crippen MR) is 91.8 cm³/mol. The van der Waals surface area contributed by atoms with Crippen molar-refractivity contribution in [3.05, 3.63) is 64.7 Å². The van der Waals surface area contributed by atoms with Crippen LogP contribution >= 0.6 is 11.6 Å². The number of benzene rings is 2. The predicted octanol–water partition coefficient (Wildman–Crippen LogP) is 4.24. The number of amides is 1. The molecule has 3 rings (SSSR count). The van der Waals surface area contributed by atoms with Gasteiger partial charge in [0.25, 0.3) is 0 Å². The normalized spacial score (nSPS) is 15.7. The second-order valence-corrected chi connectivity index (χ2v) is 6.48. The minimum absolute atomic E-state index is 0.0305. The number of nitrogens with one attached hydrogen (secondary N) is 1. The van der Waals surface area contributed by atoms with E-state index in [1.165, 1.54) is 6.42 Å². The second kappa shape index (κ2) is 7.05. The number of hydrogen-bond acceptors (Lipinski definition) is 2. The Morgan fingerprint density at radius 2 is 2.00 bits per heavy atom. The summed E-state index contributed by atoms with van der Waals surface area (Å²) in [5, 5.41) is 13.5. The van der Waals surface area contributed by atoms with Gasteiger partial charge in [0.2, 0.25) is 5.91 Å². The lowest BCUT2D eigenvalue weighted by molar-refractivity contribution is -0.122. The molecule has 1 amide bonds. The zero-order valence-electron chi connectivity index (χ0n) is 12.8. The summed E-state index contributed by atoms with van der Waals surface area (Å²) < 4.78 is 0. The summed E-state index contributed by atoms with van der Waals surface area (Å²) in [6.45, 7) is 0. The molecular weight excluding hydrogens is 310 g/mol. The van der Waals surface area contributed by atoms with Crippen molar-refractivity contribution in [3.63, 3.8) is 0 Å². The Kier molecular flexibility index (Phi) is 4.87. The van der Waals surface area contributed by atoms with Gasteiger partial charge in [0.15, 0.2) is 0 Å². The molecule has 0 aliphatic heterocycles. The van der Waals surface area contributed by atoms with Crippen LogP contribution < -0.4 is 5.32 Å². The Hall–Kier alpha value is -2.00. The van der Waals surface area contributed by atoms with Crippen molar-refractivity contribution in [2.75, 3.05) is 0 Å². The minimum Gasteiger partial charge on any atom is -0.508 e. The first-order valence-electron chi connectivity index (χ1n) is 7.96. The lowest BCUT2D eigenvalue weighted by Gasteiger charge is -2.27. The average Bonchev–Trinajstić information content (AvgIpc) is 2.49. The molecule has 0 bridgehead atoms. The molecule has 2 aromatic rings. The third-order valence-electron chi connectivity index (χ3n) is 4.41. The Morgan fingerprint density at radius 3 is 2.65 bits per heavy atom. The van der Waals surface area contributed by atoms with E-state index >= 15 is 0 Å². The SMILES string of the molecule is O=C(CC(c1cccc(O)c1)c1ccccc1Cl)NC1CCC1. The molecule has 1 fully saturated rings. The van der Waals surface area contributed by atoms with E-state index in [9.17, 15) is 9.90 Å². The van der Waals surface area contributed by atoms with Crippen LogP contribution in [-0.2, 0) is 4.79 Å². The largest absolute Gasteiger partial charge is 0.508 e. The van der Waals surface area contributed by atoms with Crippen molar-refractivity contribution in [2.45, 2.75) is 37.6 Å². The van der Waals surface area contributed by atoms with Crippen LogP contribution in [0.1, 0.15) is 42.7 Å². The van der Waals surface area contributed by atoms with Crippen LogP contribution in [-0.4, -0.2) is 17.1 Å². The van der Waals surface area contributed by atoms with Gasteiger partial charge >= 0.3 is 0 Å². The summed E-state index contributed by atoms with van der Waals surface area (Å²) in [6.07, 6.45) is 3.64. The number of aromatic hydroxyl groups is 1.